The molecule has 7 aromatic carbocycles. The number of hydrogen-bond donors (Lipinski definition) is 0. The maximum Gasteiger partial charge on any atom is 0.0722 e. The third-order valence-corrected chi connectivity index (χ3v) is 10.1. The van der Waals surface area contributed by atoms with E-state index in [0.29, 0.717) is 10.0 Å². The van der Waals surface area contributed by atoms with Crippen LogP contribution < -0.4 is 9.80 Å². The fourth-order valence-corrected chi connectivity index (χ4v) is 7.36. The van der Waals surface area contributed by atoms with E-state index in [1.165, 1.54) is 0 Å². The van der Waals surface area contributed by atoms with Gasteiger partial charge in [0.1, 0.15) is 0 Å². The minimum atomic E-state index is 0.516. The molecule has 9 aromatic rings. The summed E-state index contributed by atoms with van der Waals surface area (Å²) in [6.45, 7) is 0. The molecule has 0 aliphatic carbocycles. The molecule has 50 heavy (non-hydrogen) atoms. The van der Waals surface area contributed by atoms with Crippen molar-refractivity contribution in [2.45, 2.75) is 0 Å². The maximum absolute atomic E-state index is 7.20. The van der Waals surface area contributed by atoms with E-state index in [-0.39, 0.29) is 0 Å². The molecular weight excluding hydrogens is 655 g/mol. The van der Waals surface area contributed by atoms with Crippen molar-refractivity contribution in [3.8, 4) is 0 Å². The molecule has 0 atom stereocenters. The van der Waals surface area contributed by atoms with E-state index in [9.17, 15) is 0 Å². The Bertz CT molecular complexity index is 2510. The SMILES string of the molecule is Clc1c(Cl)c2cc(N(c3ccccc3)c3ccc4cccnc4c3)ccc2c2ccc(N(c3ccccc3)c3ccc4cccnc4c3)cc12. The first-order valence-corrected chi connectivity index (χ1v) is 17.1. The van der Waals surface area contributed by atoms with Gasteiger partial charge in [0.25, 0.3) is 0 Å². The summed E-state index contributed by atoms with van der Waals surface area (Å²) in [5.74, 6) is 0. The molecule has 0 aliphatic heterocycles. The molecule has 4 nitrogen and oxygen atoms in total. The molecule has 2 aromatic heterocycles. The second-order valence-electron chi connectivity index (χ2n) is 12.2. The molecule has 9 rings (SSSR count). The monoisotopic (exact) mass is 682 g/mol. The number of para-hydroxylation sites is 2. The normalized spacial score (nSPS) is 11.4. The summed E-state index contributed by atoms with van der Waals surface area (Å²) in [6, 6.07) is 54.3. The highest BCUT2D eigenvalue weighted by molar-refractivity contribution is 6.49. The highest BCUT2D eigenvalue weighted by Crippen LogP contribution is 2.45. The lowest BCUT2D eigenvalue weighted by Gasteiger charge is -2.27. The molecule has 2 heterocycles. The molecule has 0 aliphatic rings. The zero-order chi connectivity index (χ0) is 33.6. The number of hydrogen-bond acceptors (Lipinski definition) is 4. The number of fused-ring (bicyclic) bond motifs is 5. The highest BCUT2D eigenvalue weighted by atomic mass is 35.5. The van der Waals surface area contributed by atoms with Gasteiger partial charge in [-0.15, -0.1) is 0 Å². The molecule has 0 N–H and O–H groups in total. The fraction of sp³-hybridized carbons (Fsp3) is 0. The van der Waals surface area contributed by atoms with Crippen LogP contribution in [0.15, 0.2) is 170 Å². The van der Waals surface area contributed by atoms with Crippen molar-refractivity contribution in [3.05, 3.63) is 180 Å². The van der Waals surface area contributed by atoms with Gasteiger partial charge in [-0.25, -0.2) is 0 Å². The van der Waals surface area contributed by atoms with E-state index < -0.39 is 0 Å². The maximum atomic E-state index is 7.20. The summed E-state index contributed by atoms with van der Waals surface area (Å²) in [6.07, 6.45) is 3.65. The van der Waals surface area contributed by atoms with Crippen LogP contribution >= 0.6 is 23.2 Å². The van der Waals surface area contributed by atoms with Crippen LogP contribution in [0.3, 0.4) is 0 Å². The van der Waals surface area contributed by atoms with Crippen LogP contribution in [0.4, 0.5) is 34.1 Å². The molecule has 0 unspecified atom stereocenters. The molecule has 238 valence electrons. The number of rotatable bonds is 6. The second-order valence-corrected chi connectivity index (χ2v) is 12.9. The molecule has 0 radical (unpaired) electrons. The largest absolute Gasteiger partial charge is 0.310 e. The van der Waals surface area contributed by atoms with Crippen molar-refractivity contribution >= 4 is 101 Å². The minimum Gasteiger partial charge on any atom is -0.310 e. The molecule has 0 fully saturated rings. The Morgan fingerprint density at radius 1 is 0.340 bits per heavy atom. The van der Waals surface area contributed by atoms with Crippen molar-refractivity contribution in [1.82, 2.24) is 9.97 Å². The van der Waals surface area contributed by atoms with Crippen LogP contribution in [0.5, 0.6) is 0 Å². The predicted molar refractivity (Wildman–Crippen MR) is 211 cm³/mol. The Morgan fingerprint density at radius 3 is 1.18 bits per heavy atom. The number of benzene rings is 7. The number of aromatic nitrogens is 2. The van der Waals surface area contributed by atoms with Gasteiger partial charge in [0, 0.05) is 68.1 Å². The summed E-state index contributed by atoms with van der Waals surface area (Å²) in [5, 5.41) is 7.03. The van der Waals surface area contributed by atoms with Crippen molar-refractivity contribution in [1.29, 1.82) is 0 Å². The van der Waals surface area contributed by atoms with Gasteiger partial charge >= 0.3 is 0 Å². The van der Waals surface area contributed by atoms with Gasteiger partial charge in [0.2, 0.25) is 0 Å². The van der Waals surface area contributed by atoms with E-state index in [1.807, 2.05) is 60.9 Å². The summed E-state index contributed by atoms with van der Waals surface area (Å²) in [5.41, 5.74) is 7.84. The van der Waals surface area contributed by atoms with Crippen LogP contribution in [-0.4, -0.2) is 9.97 Å². The van der Waals surface area contributed by atoms with E-state index in [4.69, 9.17) is 23.2 Å². The first-order valence-electron chi connectivity index (χ1n) is 16.4. The van der Waals surface area contributed by atoms with Crippen molar-refractivity contribution in [2.75, 3.05) is 9.80 Å². The average molecular weight is 684 g/mol. The lowest BCUT2D eigenvalue weighted by Crippen LogP contribution is -2.10. The fourth-order valence-electron chi connectivity index (χ4n) is 6.85. The van der Waals surface area contributed by atoms with Crippen LogP contribution in [-0.2, 0) is 0 Å². The average Bonchev–Trinajstić information content (AvgIpc) is 3.18. The van der Waals surface area contributed by atoms with E-state index in [1.54, 1.807) is 0 Å². The van der Waals surface area contributed by atoms with E-state index >= 15 is 0 Å². The summed E-state index contributed by atoms with van der Waals surface area (Å²) in [7, 11) is 0. The smallest absolute Gasteiger partial charge is 0.0722 e. The molecule has 0 saturated heterocycles. The van der Waals surface area contributed by atoms with Crippen molar-refractivity contribution in [2.24, 2.45) is 0 Å². The second kappa shape index (κ2) is 12.5. The first kappa shape index (κ1) is 30.1. The Morgan fingerprint density at radius 2 is 0.740 bits per heavy atom. The Labute approximate surface area is 299 Å². The van der Waals surface area contributed by atoms with Crippen LogP contribution in [0.2, 0.25) is 10.0 Å². The summed E-state index contributed by atoms with van der Waals surface area (Å²) >= 11 is 14.4. The number of anilines is 6. The number of halogens is 2. The Kier molecular flexibility index (Phi) is 7.54. The van der Waals surface area contributed by atoms with Crippen LogP contribution in [0, 0.1) is 0 Å². The van der Waals surface area contributed by atoms with Gasteiger partial charge in [-0.2, -0.15) is 0 Å². The van der Waals surface area contributed by atoms with E-state index in [2.05, 4.69) is 129 Å². The molecule has 0 amide bonds. The van der Waals surface area contributed by atoms with Crippen molar-refractivity contribution < 1.29 is 0 Å². The summed E-state index contributed by atoms with van der Waals surface area (Å²) in [4.78, 5) is 13.7. The molecule has 0 spiro atoms. The number of nitrogens with zero attached hydrogens (tertiary/aromatic N) is 4. The predicted octanol–water partition coefficient (Wildman–Crippen LogP) is 13.3. The Balaban J connectivity index is 1.20. The molecule has 0 saturated carbocycles. The van der Waals surface area contributed by atoms with Gasteiger partial charge in [0.05, 0.1) is 21.1 Å². The van der Waals surface area contributed by atoms with Crippen LogP contribution in [0.25, 0.3) is 43.4 Å². The molecule has 6 heteroatoms. The molecular formula is C44H28Cl2N4. The minimum absolute atomic E-state index is 0.516. The first-order chi connectivity index (χ1) is 24.6. The van der Waals surface area contributed by atoms with Gasteiger partial charge in [0.15, 0.2) is 0 Å². The Hall–Kier alpha value is -5.94. The topological polar surface area (TPSA) is 32.3 Å². The standard InChI is InChI=1S/C44H28Cl2N4/c45-43-39-25-33(49(31-11-3-1-4-12-31)35-17-15-29-9-7-23-47-41(29)27-35)19-21-37(39)38-22-20-34(26-40(38)44(43)46)50(32-13-5-2-6-14-32)36-18-16-30-10-8-24-48-42(30)28-36/h1-28H. The number of pyridine rings is 2. The zero-order valence-electron chi connectivity index (χ0n) is 26.7. The van der Waals surface area contributed by atoms with Gasteiger partial charge in [-0.3, -0.25) is 9.97 Å². The third kappa shape index (κ3) is 5.26. The highest BCUT2D eigenvalue weighted by Gasteiger charge is 2.20. The van der Waals surface area contributed by atoms with Gasteiger partial charge in [-0.05, 0) is 95.7 Å². The molecule has 0 bridgehead atoms. The van der Waals surface area contributed by atoms with Crippen LogP contribution in [0.1, 0.15) is 0 Å². The third-order valence-electron chi connectivity index (χ3n) is 9.20. The van der Waals surface area contributed by atoms with Crippen molar-refractivity contribution in [3.63, 3.8) is 0 Å². The zero-order valence-corrected chi connectivity index (χ0v) is 28.2. The lowest BCUT2D eigenvalue weighted by molar-refractivity contribution is 1.29. The van der Waals surface area contributed by atoms with Gasteiger partial charge < -0.3 is 9.80 Å². The quantitative estimate of drug-likeness (QED) is 0.163. The lowest BCUT2D eigenvalue weighted by atomic mass is 9.99. The van der Waals surface area contributed by atoms with E-state index in [0.717, 1.165) is 77.5 Å². The van der Waals surface area contributed by atoms with Gasteiger partial charge in [-0.1, -0.05) is 96.0 Å². The summed E-state index contributed by atoms with van der Waals surface area (Å²) < 4.78 is 0.